The van der Waals surface area contributed by atoms with Gasteiger partial charge in [-0.1, -0.05) is 47.1 Å². The molecule has 0 radical (unpaired) electrons. The number of carbonyl (C=O) groups is 5. The molecule has 6 rings (SSSR count). The fourth-order valence-corrected chi connectivity index (χ4v) is 11.6. The largest absolute Gasteiger partial charge is 0.355 e. The third-order valence-electron chi connectivity index (χ3n) is 13.9. The standard InChI is InChI=1S/C36H54N4O7S/c1-7-23-19-34(23,31(45)38-48(46,47)39-16-8-9-17-39)21-28(42)26-20-36(33(5,6)35(36)13-11-14-35)22-40(26)30(44)25(32(2,3)4)18-27(41)24-12-10-15-37-29(24)43/h7,23-26H,1,8-22H2,2-6H3,(H,37,43)(H,38,45)/t23-,24?,25-,26?,34-,36-/m1/s1. The van der Waals surface area contributed by atoms with Crippen molar-refractivity contribution < 1.29 is 32.4 Å². The Kier molecular flexibility index (Phi) is 8.62. The van der Waals surface area contributed by atoms with E-state index >= 15 is 0 Å². The van der Waals surface area contributed by atoms with Gasteiger partial charge in [0, 0.05) is 50.4 Å². The van der Waals surface area contributed by atoms with Gasteiger partial charge in [0.05, 0.1) is 17.4 Å². The number of nitrogens with one attached hydrogen (secondary N) is 2. The second-order valence-electron chi connectivity index (χ2n) is 17.3. The Hall–Kier alpha value is -2.60. The Bertz CT molecular complexity index is 1520. The first-order valence-electron chi connectivity index (χ1n) is 18.0. The zero-order valence-corrected chi connectivity index (χ0v) is 30.2. The molecule has 3 amide bonds. The molecule has 6 atom stereocenters. The Labute approximate surface area is 285 Å². The summed E-state index contributed by atoms with van der Waals surface area (Å²) >= 11 is 0. The highest BCUT2D eigenvalue weighted by Crippen LogP contribution is 2.88. The lowest BCUT2D eigenvalue weighted by Gasteiger charge is -2.36. The molecule has 3 aliphatic carbocycles. The van der Waals surface area contributed by atoms with Crippen LogP contribution in [0, 0.1) is 44.8 Å². The number of fused-ring (bicyclic) bond motifs is 1. The molecule has 6 aliphatic rings. The van der Waals surface area contributed by atoms with Crippen LogP contribution in [-0.2, 0) is 34.2 Å². The lowest BCUT2D eigenvalue weighted by Crippen LogP contribution is -2.50. The fourth-order valence-electron chi connectivity index (χ4n) is 10.3. The molecule has 0 aromatic heterocycles. The molecule has 266 valence electrons. The maximum atomic E-state index is 14.8. The number of rotatable bonds is 11. The lowest BCUT2D eigenvalue weighted by molar-refractivity contribution is -0.148. The first-order valence-corrected chi connectivity index (χ1v) is 19.4. The van der Waals surface area contributed by atoms with Gasteiger partial charge in [0.2, 0.25) is 17.7 Å². The first kappa shape index (κ1) is 35.2. The topological polar surface area (TPSA) is 150 Å². The van der Waals surface area contributed by atoms with Crippen LogP contribution in [0.4, 0.5) is 0 Å². The minimum absolute atomic E-state index is 0.0445. The summed E-state index contributed by atoms with van der Waals surface area (Å²) in [6.45, 7) is 15.7. The van der Waals surface area contributed by atoms with Crippen LogP contribution in [0.25, 0.3) is 0 Å². The molecule has 0 aromatic rings. The van der Waals surface area contributed by atoms with Crippen molar-refractivity contribution in [2.24, 2.45) is 44.8 Å². The third-order valence-corrected chi connectivity index (χ3v) is 15.4. The van der Waals surface area contributed by atoms with E-state index < -0.39 is 44.8 Å². The van der Waals surface area contributed by atoms with Gasteiger partial charge in [0.15, 0.2) is 5.78 Å². The highest BCUT2D eigenvalue weighted by atomic mass is 32.2. The molecule has 2 unspecified atom stereocenters. The van der Waals surface area contributed by atoms with Crippen molar-refractivity contribution in [3.05, 3.63) is 12.7 Å². The molecule has 12 heteroatoms. The van der Waals surface area contributed by atoms with E-state index in [0.29, 0.717) is 51.9 Å². The zero-order valence-electron chi connectivity index (χ0n) is 29.4. The molecule has 0 aromatic carbocycles. The van der Waals surface area contributed by atoms with Crippen molar-refractivity contribution in [1.82, 2.24) is 19.2 Å². The molecular weight excluding hydrogens is 632 g/mol. The average Bonchev–Trinajstić information content (AvgIpc) is 3.45. The van der Waals surface area contributed by atoms with Crippen LogP contribution in [0.5, 0.6) is 0 Å². The van der Waals surface area contributed by atoms with Crippen LogP contribution in [0.15, 0.2) is 12.7 Å². The predicted octanol–water partition coefficient (Wildman–Crippen LogP) is 3.54. The van der Waals surface area contributed by atoms with E-state index in [1.165, 1.54) is 4.31 Å². The van der Waals surface area contributed by atoms with E-state index in [4.69, 9.17) is 0 Å². The van der Waals surface area contributed by atoms with Crippen molar-refractivity contribution in [3.8, 4) is 0 Å². The smallest absolute Gasteiger partial charge is 0.303 e. The monoisotopic (exact) mass is 686 g/mol. The SMILES string of the molecule is C=C[C@@H]1C[C@]1(CC(=O)C1C[C@@]2(CN1C(=O)[C@@H](CC(=O)C1CCCNC1=O)C(C)(C)C)C(C)(C)C21CCC1)C(=O)NS(=O)(=O)N1CCCC1. The zero-order chi connectivity index (χ0) is 35.1. The first-order chi connectivity index (χ1) is 22.4. The minimum Gasteiger partial charge on any atom is -0.355 e. The normalized spacial score (nSPS) is 34.3. The van der Waals surface area contributed by atoms with Gasteiger partial charge in [-0.15, -0.1) is 6.58 Å². The van der Waals surface area contributed by atoms with E-state index in [0.717, 1.165) is 32.1 Å². The highest BCUT2D eigenvalue weighted by Gasteiger charge is 2.85. The van der Waals surface area contributed by atoms with Crippen molar-refractivity contribution in [1.29, 1.82) is 0 Å². The molecular formula is C36H54N4O7S. The second kappa shape index (κ2) is 11.7. The molecule has 3 heterocycles. The van der Waals surface area contributed by atoms with Crippen molar-refractivity contribution in [2.75, 3.05) is 26.2 Å². The van der Waals surface area contributed by atoms with Gasteiger partial charge in [0.25, 0.3) is 0 Å². The number of nitrogens with zero attached hydrogens (tertiary/aromatic N) is 2. The number of hydrogen-bond donors (Lipinski definition) is 2. The van der Waals surface area contributed by atoms with E-state index in [2.05, 4.69) is 30.5 Å². The number of carbonyl (C=O) groups excluding carboxylic acids is 5. The molecule has 48 heavy (non-hydrogen) atoms. The number of Topliss-reactive ketones (excluding diaryl/α,β-unsaturated/α-hetero) is 2. The summed E-state index contributed by atoms with van der Waals surface area (Å²) < 4.78 is 29.6. The van der Waals surface area contributed by atoms with Crippen molar-refractivity contribution >= 4 is 39.5 Å². The molecule has 2 N–H and O–H groups in total. The van der Waals surface area contributed by atoms with Gasteiger partial charge in [-0.3, -0.25) is 24.0 Å². The fraction of sp³-hybridized carbons (Fsp3) is 0.806. The van der Waals surface area contributed by atoms with E-state index in [1.54, 1.807) is 11.0 Å². The van der Waals surface area contributed by atoms with Gasteiger partial charge >= 0.3 is 10.2 Å². The Balaban J connectivity index is 1.28. The van der Waals surface area contributed by atoms with Gasteiger partial charge in [-0.2, -0.15) is 12.7 Å². The van der Waals surface area contributed by atoms with Crippen LogP contribution in [0.1, 0.15) is 105 Å². The van der Waals surface area contributed by atoms with E-state index in [1.807, 2.05) is 20.8 Å². The van der Waals surface area contributed by atoms with Crippen molar-refractivity contribution in [3.63, 3.8) is 0 Å². The quantitative estimate of drug-likeness (QED) is 0.249. The van der Waals surface area contributed by atoms with Crippen LogP contribution in [0.3, 0.4) is 0 Å². The number of piperidine rings is 1. The van der Waals surface area contributed by atoms with Crippen molar-refractivity contribution in [2.45, 2.75) is 111 Å². The summed E-state index contributed by atoms with van der Waals surface area (Å²) in [5.74, 6) is -3.61. The second-order valence-corrected chi connectivity index (χ2v) is 19.0. The maximum absolute atomic E-state index is 14.8. The number of ketones is 2. The predicted molar refractivity (Wildman–Crippen MR) is 179 cm³/mol. The Morgan fingerprint density at radius 1 is 1.02 bits per heavy atom. The van der Waals surface area contributed by atoms with Gasteiger partial charge in [-0.25, -0.2) is 4.72 Å². The minimum atomic E-state index is -4.04. The van der Waals surface area contributed by atoms with Crippen LogP contribution in [0.2, 0.25) is 0 Å². The van der Waals surface area contributed by atoms with Crippen LogP contribution in [-0.4, -0.2) is 79.1 Å². The van der Waals surface area contributed by atoms with Gasteiger partial charge in [0.1, 0.15) is 5.78 Å². The van der Waals surface area contributed by atoms with E-state index in [-0.39, 0.29) is 58.4 Å². The molecule has 11 nitrogen and oxygen atoms in total. The Morgan fingerprint density at radius 2 is 1.69 bits per heavy atom. The number of amides is 3. The van der Waals surface area contributed by atoms with Crippen LogP contribution < -0.4 is 10.0 Å². The average molecular weight is 687 g/mol. The highest BCUT2D eigenvalue weighted by molar-refractivity contribution is 7.87. The molecule has 2 spiro atoms. The molecule has 3 aliphatic heterocycles. The summed E-state index contributed by atoms with van der Waals surface area (Å²) in [6, 6.07) is -0.791. The van der Waals surface area contributed by atoms with Gasteiger partial charge < -0.3 is 10.2 Å². The summed E-state index contributed by atoms with van der Waals surface area (Å²) in [7, 11) is -4.04. The third kappa shape index (κ3) is 5.29. The maximum Gasteiger partial charge on any atom is 0.303 e. The molecule has 3 saturated carbocycles. The molecule has 6 fully saturated rings. The lowest BCUT2D eigenvalue weighted by atomic mass is 9.73. The number of hydrogen-bond acceptors (Lipinski definition) is 7. The summed E-state index contributed by atoms with van der Waals surface area (Å²) in [5, 5.41) is 2.78. The summed E-state index contributed by atoms with van der Waals surface area (Å²) in [4.78, 5) is 70.8. The number of allylic oxidation sites excluding steroid dienone is 1. The molecule has 0 bridgehead atoms. The summed E-state index contributed by atoms with van der Waals surface area (Å²) in [5.41, 5.74) is -2.15. The van der Waals surface area contributed by atoms with E-state index in [9.17, 15) is 32.4 Å². The van der Waals surface area contributed by atoms with Crippen LogP contribution >= 0.6 is 0 Å². The summed E-state index contributed by atoms with van der Waals surface area (Å²) in [6.07, 6.45) is 7.96. The molecule has 3 saturated heterocycles. The van der Waals surface area contributed by atoms with Gasteiger partial charge in [-0.05, 0) is 73.5 Å². The number of likely N-dealkylation sites (tertiary alicyclic amines) is 1. The Morgan fingerprint density at radius 3 is 2.21 bits per heavy atom.